The van der Waals surface area contributed by atoms with E-state index in [0.29, 0.717) is 18.1 Å². The van der Waals surface area contributed by atoms with Crippen molar-refractivity contribution in [2.75, 3.05) is 39.6 Å². The van der Waals surface area contributed by atoms with Gasteiger partial charge in [0.25, 0.3) is 0 Å². The van der Waals surface area contributed by atoms with Crippen molar-refractivity contribution in [2.24, 2.45) is 35.5 Å². The lowest BCUT2D eigenvalue weighted by molar-refractivity contribution is -0.122. The van der Waals surface area contributed by atoms with E-state index >= 15 is 0 Å². The first-order chi connectivity index (χ1) is 18.3. The lowest BCUT2D eigenvalue weighted by atomic mass is 10.1. The van der Waals surface area contributed by atoms with Crippen LogP contribution >= 0.6 is 0 Å². The van der Waals surface area contributed by atoms with E-state index in [-0.39, 0.29) is 35.6 Å². The fourth-order valence-electron chi connectivity index (χ4n) is 3.53. The summed E-state index contributed by atoms with van der Waals surface area (Å²) in [5, 5.41) is 0. The number of ketones is 1. The number of ether oxygens (including phenoxy) is 3. The zero-order valence-electron chi connectivity index (χ0n) is 28.9. The zero-order valence-corrected chi connectivity index (χ0v) is 28.9. The van der Waals surface area contributed by atoms with Crippen molar-refractivity contribution in [3.63, 3.8) is 0 Å². The summed E-state index contributed by atoms with van der Waals surface area (Å²) in [4.78, 5) is 11.3. The van der Waals surface area contributed by atoms with Gasteiger partial charge in [-0.05, 0) is 87.4 Å². The molecule has 0 radical (unpaired) electrons. The Morgan fingerprint density at radius 2 is 0.698 bits per heavy atom. The molecule has 4 heteroatoms. The quantitative estimate of drug-likeness (QED) is 0.106. The highest BCUT2D eigenvalue weighted by Crippen LogP contribution is 2.07. The van der Waals surface area contributed by atoms with Gasteiger partial charge in [-0.3, -0.25) is 4.79 Å². The van der Waals surface area contributed by atoms with E-state index in [1.165, 1.54) is 44.9 Å². The number of carbonyl (C=O) groups excluding carboxylic acids is 1. The number of Topliss-reactive ketones (excluding diaryl/α,β-unsaturated/α-hetero) is 1. The third-order valence-electron chi connectivity index (χ3n) is 6.09. The summed E-state index contributed by atoms with van der Waals surface area (Å²) in [5.41, 5.74) is 0. The van der Waals surface area contributed by atoms with Crippen molar-refractivity contribution >= 4 is 5.78 Å². The first-order valence-corrected chi connectivity index (χ1v) is 16.5. The lowest BCUT2D eigenvalue weighted by Gasteiger charge is -2.07. The molecule has 0 fully saturated rings. The van der Waals surface area contributed by atoms with Crippen LogP contribution in [0.4, 0.5) is 0 Å². The van der Waals surface area contributed by atoms with E-state index in [9.17, 15) is 4.79 Å². The van der Waals surface area contributed by atoms with Crippen LogP contribution in [0, 0.1) is 35.5 Å². The molecule has 43 heavy (non-hydrogen) atoms. The third-order valence-corrected chi connectivity index (χ3v) is 6.09. The molecule has 0 saturated heterocycles. The van der Waals surface area contributed by atoms with Crippen LogP contribution in [0.5, 0.6) is 0 Å². The summed E-state index contributed by atoms with van der Waals surface area (Å²) in [7, 11) is 0. The van der Waals surface area contributed by atoms with Crippen LogP contribution < -0.4 is 0 Å². The normalized spacial score (nSPS) is 10.4. The van der Waals surface area contributed by atoms with Crippen LogP contribution in [-0.4, -0.2) is 45.4 Å². The van der Waals surface area contributed by atoms with Gasteiger partial charge in [-0.2, -0.15) is 0 Å². The molecule has 0 N–H and O–H groups in total. The summed E-state index contributed by atoms with van der Waals surface area (Å²) >= 11 is 0. The molecule has 0 aliphatic rings. The molecule has 0 atom stereocenters. The molecule has 0 saturated carbocycles. The van der Waals surface area contributed by atoms with Crippen LogP contribution in [-0.2, 0) is 19.0 Å². The van der Waals surface area contributed by atoms with Crippen molar-refractivity contribution in [2.45, 2.75) is 177 Å². The zero-order chi connectivity index (χ0) is 30.5. The van der Waals surface area contributed by atoms with Crippen LogP contribution in [0.3, 0.4) is 0 Å². The molecule has 0 aromatic rings. The first kappa shape index (κ1) is 58.1. The van der Waals surface area contributed by atoms with Crippen molar-refractivity contribution in [3.05, 3.63) is 0 Å². The number of hydrogen-bond donors (Lipinski definition) is 0. The van der Waals surface area contributed by atoms with Gasteiger partial charge >= 0.3 is 0 Å². The molecular weight excluding hydrogens is 532 g/mol. The van der Waals surface area contributed by atoms with Gasteiger partial charge in [0.05, 0.1) is 0 Å². The highest BCUT2D eigenvalue weighted by Gasteiger charge is 2.06. The Hall–Kier alpha value is -0.450. The summed E-state index contributed by atoms with van der Waals surface area (Å²) < 4.78 is 16.4. The molecule has 0 aromatic carbocycles. The monoisotopic (exact) mass is 623 g/mol. The van der Waals surface area contributed by atoms with Gasteiger partial charge in [-0.25, -0.2) is 0 Å². The Kier molecular flexibility index (Phi) is 59.0. The first-order valence-electron chi connectivity index (χ1n) is 16.5. The molecular formula is C39H90O4. The third kappa shape index (κ3) is 65.3. The van der Waals surface area contributed by atoms with E-state index in [1.807, 2.05) is 13.8 Å². The fraction of sp³-hybridized carbons (Fsp3) is 0.974. The molecule has 0 amide bonds. The smallest absolute Gasteiger partial charge is 0.135 e. The van der Waals surface area contributed by atoms with E-state index < -0.39 is 0 Å². The fourth-order valence-corrected chi connectivity index (χ4v) is 3.53. The maximum atomic E-state index is 11.3. The number of hydrogen-bond acceptors (Lipinski definition) is 4. The summed E-state index contributed by atoms with van der Waals surface area (Å²) in [6.07, 6.45) is 11.4. The molecule has 0 aliphatic heterocycles. The Bertz CT molecular complexity index is 448. The highest BCUT2D eigenvalue weighted by molar-refractivity contribution is 5.80. The predicted molar refractivity (Wildman–Crippen MR) is 200 cm³/mol. The Morgan fingerprint density at radius 1 is 0.419 bits per heavy atom. The molecule has 0 unspecified atom stereocenters. The molecule has 4 nitrogen and oxygen atoms in total. The van der Waals surface area contributed by atoms with Crippen molar-refractivity contribution in [1.29, 1.82) is 0 Å². The Labute approximate surface area is 276 Å². The number of rotatable bonds is 23. The Morgan fingerprint density at radius 3 is 0.953 bits per heavy atom. The molecule has 0 spiro atoms. The lowest BCUT2D eigenvalue weighted by Crippen LogP contribution is -2.08. The average molecular weight is 623 g/mol. The molecule has 0 aromatic heterocycles. The van der Waals surface area contributed by atoms with Crippen molar-refractivity contribution in [3.8, 4) is 0 Å². The molecule has 0 aliphatic carbocycles. The second-order valence-electron chi connectivity index (χ2n) is 13.6. The SMILES string of the molecule is C.C.C.C.CC(C)CCCOCC(C)C.CC(C)CCCOCCCC(=O)C(C)C.CC(C)CCCOCCCC(C)C. The Balaban J connectivity index is -0.0000000873. The molecule has 0 bridgehead atoms. The summed E-state index contributed by atoms with van der Waals surface area (Å²) in [5.74, 6) is 4.41. The molecule has 0 rings (SSSR count). The minimum atomic E-state index is 0. The number of carbonyl (C=O) groups is 1. The van der Waals surface area contributed by atoms with Crippen LogP contribution in [0.25, 0.3) is 0 Å². The topological polar surface area (TPSA) is 44.8 Å². The minimum absolute atomic E-state index is 0. The second kappa shape index (κ2) is 43.7. The largest absolute Gasteiger partial charge is 0.381 e. The van der Waals surface area contributed by atoms with Gasteiger partial charge in [-0.15, -0.1) is 0 Å². The van der Waals surface area contributed by atoms with Crippen LogP contribution in [0.2, 0.25) is 0 Å². The maximum Gasteiger partial charge on any atom is 0.135 e. The van der Waals surface area contributed by atoms with Gasteiger partial charge in [0.15, 0.2) is 0 Å². The minimum Gasteiger partial charge on any atom is -0.381 e. The second-order valence-corrected chi connectivity index (χ2v) is 13.6. The van der Waals surface area contributed by atoms with Crippen molar-refractivity contribution in [1.82, 2.24) is 0 Å². The maximum absolute atomic E-state index is 11.3. The van der Waals surface area contributed by atoms with Gasteiger partial charge in [-0.1, -0.05) is 113 Å². The molecule has 0 heterocycles. The van der Waals surface area contributed by atoms with Gasteiger partial charge < -0.3 is 14.2 Å². The van der Waals surface area contributed by atoms with E-state index in [2.05, 4.69) is 69.2 Å². The van der Waals surface area contributed by atoms with Crippen LogP contribution in [0.15, 0.2) is 0 Å². The predicted octanol–water partition coefficient (Wildman–Crippen LogP) is 13.0. The highest BCUT2D eigenvalue weighted by atomic mass is 16.5. The average Bonchev–Trinajstić information content (AvgIpc) is 2.82. The van der Waals surface area contributed by atoms with E-state index in [1.54, 1.807) is 0 Å². The summed E-state index contributed by atoms with van der Waals surface area (Å²) in [6, 6.07) is 0. The molecule has 270 valence electrons. The van der Waals surface area contributed by atoms with E-state index in [4.69, 9.17) is 14.2 Å². The summed E-state index contributed by atoms with van der Waals surface area (Å²) in [6.45, 7) is 31.6. The van der Waals surface area contributed by atoms with E-state index in [0.717, 1.165) is 76.2 Å². The van der Waals surface area contributed by atoms with Gasteiger partial charge in [0, 0.05) is 52.0 Å². The van der Waals surface area contributed by atoms with Gasteiger partial charge in [0.1, 0.15) is 5.78 Å². The van der Waals surface area contributed by atoms with Crippen LogP contribution in [0.1, 0.15) is 177 Å². The standard InChI is InChI=1S/C13H26O2.C12H26O.C10H22O.4CH4/c1-11(2)7-5-9-15-10-6-8-13(14)12(3)4;1-11(2)7-5-9-13-10-6-8-12(3)4;1-9(2)6-5-7-11-8-10(3)4;;;;/h11-12H,5-10H2,1-4H3;11-12H,5-10H2,1-4H3;9-10H,5-8H2,1-4H3;4*1H4. The van der Waals surface area contributed by atoms with Crippen molar-refractivity contribution < 1.29 is 19.0 Å². The van der Waals surface area contributed by atoms with Gasteiger partial charge in [0.2, 0.25) is 0 Å².